The van der Waals surface area contributed by atoms with Crippen LogP contribution in [0.15, 0.2) is 0 Å². The molecule has 1 N–H and O–H groups in total. The van der Waals surface area contributed by atoms with Crippen molar-refractivity contribution in [1.29, 1.82) is 0 Å². The van der Waals surface area contributed by atoms with Crippen molar-refractivity contribution in [3.05, 3.63) is 16.4 Å². The average Bonchev–Trinajstić information content (AvgIpc) is 2.61. The number of nitrogens with one attached hydrogen (secondary N) is 1. The van der Waals surface area contributed by atoms with Crippen LogP contribution in [0.25, 0.3) is 0 Å². The zero-order valence-electron chi connectivity index (χ0n) is 11.7. The van der Waals surface area contributed by atoms with Crippen LogP contribution in [0.5, 0.6) is 0 Å². The van der Waals surface area contributed by atoms with Crippen LogP contribution in [-0.2, 0) is 13.0 Å². The zero-order valence-corrected chi connectivity index (χ0v) is 12.4. The number of hydrogen-bond donors (Lipinski definition) is 1. The Kier molecular flexibility index (Phi) is 4.68. The Morgan fingerprint density at radius 1 is 1.33 bits per heavy atom. The number of nitrogens with zero attached hydrogens (tertiary/aromatic N) is 2. The molecule has 1 aliphatic rings. The summed E-state index contributed by atoms with van der Waals surface area (Å²) in [5.74, 6) is 1.60. The molecule has 3 nitrogen and oxygen atoms in total. The Morgan fingerprint density at radius 3 is 2.61 bits per heavy atom. The Labute approximate surface area is 115 Å². The molecule has 1 aromatic heterocycles. The van der Waals surface area contributed by atoms with E-state index in [1.165, 1.54) is 18.5 Å². The number of halogens is 1. The molecule has 1 saturated carbocycles. The summed E-state index contributed by atoms with van der Waals surface area (Å²) in [5.41, 5.74) is 2.21. The molecule has 0 spiro atoms. The predicted molar refractivity (Wildman–Crippen MR) is 76.1 cm³/mol. The molecule has 0 bridgehead atoms. The van der Waals surface area contributed by atoms with Gasteiger partial charge in [-0.3, -0.25) is 4.68 Å². The summed E-state index contributed by atoms with van der Waals surface area (Å²) in [5, 5.41) is 8.84. The van der Waals surface area contributed by atoms with Gasteiger partial charge in [0.25, 0.3) is 0 Å². The second kappa shape index (κ2) is 6.07. The van der Waals surface area contributed by atoms with Crippen LogP contribution in [0.4, 0.5) is 0 Å². The van der Waals surface area contributed by atoms with Crippen molar-refractivity contribution in [2.24, 2.45) is 11.8 Å². The van der Waals surface area contributed by atoms with Crippen molar-refractivity contribution >= 4 is 11.6 Å². The Bertz CT molecular complexity index is 400. The second-order valence-corrected chi connectivity index (χ2v) is 5.65. The molecule has 1 aromatic rings. The normalized spacial score (nSPS) is 23.1. The summed E-state index contributed by atoms with van der Waals surface area (Å²) < 4.78 is 2.07. The van der Waals surface area contributed by atoms with Crippen LogP contribution in [0.1, 0.15) is 38.1 Å². The van der Waals surface area contributed by atoms with Gasteiger partial charge in [0.05, 0.1) is 16.4 Å². The molecule has 0 saturated heterocycles. The van der Waals surface area contributed by atoms with Crippen LogP contribution in [-0.4, -0.2) is 22.9 Å². The third-order valence-corrected chi connectivity index (χ3v) is 4.63. The Balaban J connectivity index is 2.01. The van der Waals surface area contributed by atoms with E-state index < -0.39 is 0 Å². The molecule has 0 aliphatic heterocycles. The first-order valence-corrected chi connectivity index (χ1v) is 7.47. The van der Waals surface area contributed by atoms with Crippen molar-refractivity contribution in [1.82, 2.24) is 15.1 Å². The molecule has 2 atom stereocenters. The highest BCUT2D eigenvalue weighted by Crippen LogP contribution is 2.38. The van der Waals surface area contributed by atoms with Crippen LogP contribution in [0, 0.1) is 18.8 Å². The highest BCUT2D eigenvalue weighted by atomic mass is 35.5. The van der Waals surface area contributed by atoms with Gasteiger partial charge in [-0.15, -0.1) is 0 Å². The third kappa shape index (κ3) is 2.72. The van der Waals surface area contributed by atoms with E-state index in [9.17, 15) is 0 Å². The van der Waals surface area contributed by atoms with Crippen molar-refractivity contribution in [2.45, 2.75) is 46.6 Å². The van der Waals surface area contributed by atoms with Crippen molar-refractivity contribution in [3.63, 3.8) is 0 Å². The minimum Gasteiger partial charge on any atom is -0.317 e. The lowest BCUT2D eigenvalue weighted by Crippen LogP contribution is -2.36. The first kappa shape index (κ1) is 13.9. The maximum atomic E-state index is 6.37. The van der Waals surface area contributed by atoms with Gasteiger partial charge >= 0.3 is 0 Å². The van der Waals surface area contributed by atoms with Crippen molar-refractivity contribution in [3.8, 4) is 0 Å². The van der Waals surface area contributed by atoms with Gasteiger partial charge < -0.3 is 5.32 Å². The molecular weight excluding hydrogens is 246 g/mol. The average molecular weight is 270 g/mol. The van der Waals surface area contributed by atoms with Gasteiger partial charge in [-0.05, 0) is 58.0 Å². The lowest BCUT2D eigenvalue weighted by molar-refractivity contribution is 0.169. The summed E-state index contributed by atoms with van der Waals surface area (Å²) in [6, 6.07) is 0. The number of aromatic nitrogens is 2. The fourth-order valence-corrected chi connectivity index (χ4v) is 3.03. The monoisotopic (exact) mass is 269 g/mol. The first-order valence-electron chi connectivity index (χ1n) is 7.09. The lowest BCUT2D eigenvalue weighted by Gasteiger charge is -2.37. The smallest absolute Gasteiger partial charge is 0.0847 e. The SMILES string of the molecule is CCNCC1CCC1Cc1c(Cl)c(C)nn1CC. The number of aryl methyl sites for hydroxylation is 2. The maximum Gasteiger partial charge on any atom is 0.0847 e. The highest BCUT2D eigenvalue weighted by Gasteiger charge is 2.32. The minimum absolute atomic E-state index is 0.781. The molecule has 102 valence electrons. The molecule has 1 heterocycles. The lowest BCUT2D eigenvalue weighted by atomic mass is 9.71. The van der Waals surface area contributed by atoms with Crippen LogP contribution in [0.2, 0.25) is 5.02 Å². The summed E-state index contributed by atoms with van der Waals surface area (Å²) >= 11 is 6.37. The van der Waals surface area contributed by atoms with E-state index in [0.717, 1.165) is 48.6 Å². The summed E-state index contributed by atoms with van der Waals surface area (Å²) in [6.07, 6.45) is 3.78. The first-order chi connectivity index (χ1) is 8.67. The molecule has 2 rings (SSSR count). The van der Waals surface area contributed by atoms with Gasteiger partial charge in [0.1, 0.15) is 0 Å². The quantitative estimate of drug-likeness (QED) is 0.860. The summed E-state index contributed by atoms with van der Waals surface area (Å²) in [4.78, 5) is 0. The standard InChI is InChI=1S/C14H24ClN3/c1-4-16-9-12-7-6-11(12)8-13-14(15)10(3)17-18(13)5-2/h11-12,16H,4-9H2,1-3H3. The van der Waals surface area contributed by atoms with Gasteiger partial charge in [0.2, 0.25) is 0 Å². The maximum absolute atomic E-state index is 6.37. The molecule has 0 radical (unpaired) electrons. The predicted octanol–water partition coefficient (Wildman–Crippen LogP) is 3.04. The molecule has 2 unspecified atom stereocenters. The third-order valence-electron chi connectivity index (χ3n) is 4.14. The minimum atomic E-state index is 0.781. The topological polar surface area (TPSA) is 29.9 Å². The van der Waals surface area contributed by atoms with Gasteiger partial charge in [-0.2, -0.15) is 5.10 Å². The molecule has 1 aliphatic carbocycles. The Morgan fingerprint density at radius 2 is 2.06 bits per heavy atom. The van der Waals surface area contributed by atoms with Crippen LogP contribution >= 0.6 is 11.6 Å². The second-order valence-electron chi connectivity index (χ2n) is 5.27. The van der Waals surface area contributed by atoms with Gasteiger partial charge in [-0.25, -0.2) is 0 Å². The Hall–Kier alpha value is -0.540. The summed E-state index contributed by atoms with van der Waals surface area (Å²) in [7, 11) is 0. The number of rotatable bonds is 6. The van der Waals surface area contributed by atoms with Crippen molar-refractivity contribution < 1.29 is 0 Å². The molecule has 0 amide bonds. The van der Waals surface area contributed by atoms with E-state index in [4.69, 9.17) is 11.6 Å². The van der Waals surface area contributed by atoms with Crippen molar-refractivity contribution in [2.75, 3.05) is 13.1 Å². The van der Waals surface area contributed by atoms with Crippen LogP contribution < -0.4 is 5.32 Å². The van der Waals surface area contributed by atoms with E-state index in [2.05, 4.69) is 28.9 Å². The van der Waals surface area contributed by atoms with E-state index in [0.29, 0.717) is 0 Å². The molecule has 4 heteroatoms. The number of hydrogen-bond acceptors (Lipinski definition) is 2. The van der Waals surface area contributed by atoms with E-state index in [-0.39, 0.29) is 0 Å². The van der Waals surface area contributed by atoms with E-state index in [1.807, 2.05) is 6.92 Å². The fourth-order valence-electron chi connectivity index (χ4n) is 2.82. The summed E-state index contributed by atoms with van der Waals surface area (Å²) in [6.45, 7) is 9.42. The van der Waals surface area contributed by atoms with E-state index in [1.54, 1.807) is 0 Å². The van der Waals surface area contributed by atoms with Gasteiger partial charge in [0, 0.05) is 6.54 Å². The molecule has 1 fully saturated rings. The highest BCUT2D eigenvalue weighted by molar-refractivity contribution is 6.31. The fraction of sp³-hybridized carbons (Fsp3) is 0.786. The molecular formula is C14H24ClN3. The van der Waals surface area contributed by atoms with Gasteiger partial charge in [-0.1, -0.05) is 18.5 Å². The zero-order chi connectivity index (χ0) is 13.1. The van der Waals surface area contributed by atoms with Gasteiger partial charge in [0.15, 0.2) is 0 Å². The largest absolute Gasteiger partial charge is 0.317 e. The molecule has 0 aromatic carbocycles. The van der Waals surface area contributed by atoms with E-state index >= 15 is 0 Å². The molecule has 18 heavy (non-hydrogen) atoms. The van der Waals surface area contributed by atoms with Crippen LogP contribution in [0.3, 0.4) is 0 Å².